The van der Waals surface area contributed by atoms with Gasteiger partial charge in [-0.05, 0) is 29.8 Å². The van der Waals surface area contributed by atoms with E-state index in [1.807, 2.05) is 0 Å². The summed E-state index contributed by atoms with van der Waals surface area (Å²) in [5, 5.41) is 10.2. The number of methoxy groups -OCH3 is 2. The minimum Gasteiger partial charge on any atom is -0.508 e. The molecule has 0 radical (unpaired) electrons. The molecule has 3 aromatic rings. The molecule has 1 N–H and O–H groups in total. The van der Waals surface area contributed by atoms with E-state index < -0.39 is 0 Å². The van der Waals surface area contributed by atoms with Gasteiger partial charge in [0.1, 0.15) is 17.1 Å². The first-order chi connectivity index (χ1) is 12.1. The number of ether oxygens (including phenoxy) is 3. The van der Waals surface area contributed by atoms with Gasteiger partial charge in [0.2, 0.25) is 11.5 Å². The lowest BCUT2D eigenvalue weighted by Crippen LogP contribution is -2.00. The topological polar surface area (TPSA) is 78.1 Å². The second kappa shape index (κ2) is 5.59. The Morgan fingerprint density at radius 2 is 1.92 bits per heavy atom. The highest BCUT2D eigenvalue weighted by Crippen LogP contribution is 2.50. The van der Waals surface area contributed by atoms with Crippen LogP contribution in [0.25, 0.3) is 17.0 Å². The van der Waals surface area contributed by atoms with E-state index in [9.17, 15) is 9.90 Å². The number of hydrogen-bond donors (Lipinski definition) is 1. The van der Waals surface area contributed by atoms with Crippen LogP contribution in [0.5, 0.6) is 23.0 Å². The molecule has 0 amide bonds. The van der Waals surface area contributed by atoms with Crippen molar-refractivity contribution >= 4 is 22.8 Å². The maximum Gasteiger partial charge on any atom is 0.235 e. The van der Waals surface area contributed by atoms with E-state index in [0.717, 1.165) is 0 Å². The van der Waals surface area contributed by atoms with Crippen molar-refractivity contribution in [3.63, 3.8) is 0 Å². The molecule has 126 valence electrons. The molecule has 0 unspecified atom stereocenters. The minimum atomic E-state index is -0.323. The number of benzene rings is 2. The van der Waals surface area contributed by atoms with Crippen LogP contribution in [0, 0.1) is 0 Å². The van der Waals surface area contributed by atoms with Gasteiger partial charge in [0.25, 0.3) is 0 Å². The monoisotopic (exact) mass is 338 g/mol. The van der Waals surface area contributed by atoms with E-state index in [0.29, 0.717) is 33.6 Å². The van der Waals surface area contributed by atoms with Crippen LogP contribution >= 0.6 is 0 Å². The summed E-state index contributed by atoms with van der Waals surface area (Å²) in [4.78, 5) is 12.9. The maximum atomic E-state index is 12.9. The molecule has 0 saturated heterocycles. The Kier molecular flexibility index (Phi) is 3.39. The van der Waals surface area contributed by atoms with Gasteiger partial charge in [-0.15, -0.1) is 0 Å². The summed E-state index contributed by atoms with van der Waals surface area (Å²) in [5.41, 5.74) is 1.38. The van der Waals surface area contributed by atoms with Crippen LogP contribution in [-0.2, 0) is 0 Å². The number of hydrogen-bond acceptors (Lipinski definition) is 6. The van der Waals surface area contributed by atoms with E-state index in [-0.39, 0.29) is 23.0 Å². The molecule has 0 spiro atoms. The molecule has 2 aromatic carbocycles. The van der Waals surface area contributed by atoms with Crippen molar-refractivity contribution in [2.24, 2.45) is 0 Å². The summed E-state index contributed by atoms with van der Waals surface area (Å²) in [6.45, 7) is 0. The number of phenolic OH excluding ortho intramolecular Hbond substituents is 1. The highest BCUT2D eigenvalue weighted by molar-refractivity contribution is 6.20. The first kappa shape index (κ1) is 15.1. The largest absolute Gasteiger partial charge is 0.508 e. The Hall–Kier alpha value is -3.41. The first-order valence-corrected chi connectivity index (χ1v) is 7.52. The number of fused-ring (bicyclic) bond motifs is 2. The number of ketones is 1. The number of phenols is 1. The Balaban J connectivity index is 1.92. The van der Waals surface area contributed by atoms with Crippen LogP contribution in [0.15, 0.2) is 46.8 Å². The molecular weight excluding hydrogens is 324 g/mol. The van der Waals surface area contributed by atoms with Gasteiger partial charge in [-0.2, -0.15) is 0 Å². The summed E-state index contributed by atoms with van der Waals surface area (Å²) >= 11 is 0. The number of carbonyl (C=O) groups is 1. The standard InChI is InChI=1S/C19H14O6/c1-22-16-12-6-7-24-17(12)19(23-2)18-14(16)15(21)13(25-18)9-10-4-3-5-11(20)8-10/h3-9,20H,1-2H3. The molecule has 6 heteroatoms. The Morgan fingerprint density at radius 3 is 2.64 bits per heavy atom. The van der Waals surface area contributed by atoms with Gasteiger partial charge in [0, 0.05) is 0 Å². The van der Waals surface area contributed by atoms with E-state index in [4.69, 9.17) is 18.6 Å². The van der Waals surface area contributed by atoms with E-state index in [1.54, 1.807) is 30.3 Å². The van der Waals surface area contributed by atoms with Gasteiger partial charge in [0.05, 0.1) is 25.9 Å². The van der Waals surface area contributed by atoms with Crippen molar-refractivity contribution in [1.82, 2.24) is 0 Å². The second-order valence-corrected chi connectivity index (χ2v) is 5.47. The van der Waals surface area contributed by atoms with Crippen LogP contribution in [-0.4, -0.2) is 25.1 Å². The Morgan fingerprint density at radius 1 is 1.12 bits per heavy atom. The molecule has 2 heterocycles. The van der Waals surface area contributed by atoms with Crippen LogP contribution in [0.3, 0.4) is 0 Å². The van der Waals surface area contributed by atoms with E-state index in [2.05, 4.69) is 0 Å². The summed E-state index contributed by atoms with van der Waals surface area (Å²) < 4.78 is 22.1. The smallest absolute Gasteiger partial charge is 0.235 e. The minimum absolute atomic E-state index is 0.102. The molecule has 0 atom stereocenters. The van der Waals surface area contributed by atoms with Crippen LogP contribution in [0.4, 0.5) is 0 Å². The van der Waals surface area contributed by atoms with E-state index >= 15 is 0 Å². The lowest BCUT2D eigenvalue weighted by Gasteiger charge is -2.10. The molecular formula is C19H14O6. The quantitative estimate of drug-likeness (QED) is 0.733. The SMILES string of the molecule is COc1c2c(c(OC)c3occc13)OC(=Cc1cccc(O)c1)C2=O. The first-order valence-electron chi connectivity index (χ1n) is 7.52. The molecule has 1 aliphatic heterocycles. The van der Waals surface area contributed by atoms with Gasteiger partial charge in [-0.25, -0.2) is 0 Å². The van der Waals surface area contributed by atoms with Gasteiger partial charge in [-0.3, -0.25) is 4.79 Å². The molecule has 0 bridgehead atoms. The van der Waals surface area contributed by atoms with Crippen molar-refractivity contribution in [1.29, 1.82) is 0 Å². The lowest BCUT2D eigenvalue weighted by atomic mass is 10.0. The summed E-state index contributed by atoms with van der Waals surface area (Å²) in [6, 6.07) is 8.23. The lowest BCUT2D eigenvalue weighted by molar-refractivity contribution is 0.101. The number of Topliss-reactive ketones (excluding diaryl/α,β-unsaturated/α-hetero) is 1. The molecule has 0 fully saturated rings. The van der Waals surface area contributed by atoms with Gasteiger partial charge in [0.15, 0.2) is 17.1 Å². The average molecular weight is 338 g/mol. The highest BCUT2D eigenvalue weighted by Gasteiger charge is 2.37. The van der Waals surface area contributed by atoms with E-state index in [1.165, 1.54) is 26.5 Å². The zero-order valence-electron chi connectivity index (χ0n) is 13.5. The molecule has 1 aliphatic rings. The normalized spacial score (nSPS) is 14.6. The zero-order chi connectivity index (χ0) is 17.6. The fourth-order valence-electron chi connectivity index (χ4n) is 2.96. The van der Waals surface area contributed by atoms with Crippen molar-refractivity contribution in [2.75, 3.05) is 14.2 Å². The fraction of sp³-hybridized carbons (Fsp3) is 0.105. The van der Waals surface area contributed by atoms with Crippen molar-refractivity contribution in [2.45, 2.75) is 0 Å². The summed E-state index contributed by atoms with van der Waals surface area (Å²) in [5.74, 6) is 0.872. The van der Waals surface area contributed by atoms with Gasteiger partial charge in [-0.1, -0.05) is 12.1 Å². The number of furan rings is 1. The third-order valence-electron chi connectivity index (χ3n) is 4.02. The molecule has 4 rings (SSSR count). The fourth-order valence-corrected chi connectivity index (χ4v) is 2.96. The van der Waals surface area contributed by atoms with Crippen molar-refractivity contribution in [3.8, 4) is 23.0 Å². The second-order valence-electron chi connectivity index (χ2n) is 5.47. The van der Waals surface area contributed by atoms with Crippen molar-refractivity contribution < 1.29 is 28.5 Å². The van der Waals surface area contributed by atoms with Crippen molar-refractivity contribution in [3.05, 3.63) is 53.5 Å². The predicted molar refractivity (Wildman–Crippen MR) is 90.4 cm³/mol. The maximum absolute atomic E-state index is 12.9. The molecule has 0 saturated carbocycles. The average Bonchev–Trinajstić information content (AvgIpc) is 3.19. The highest BCUT2D eigenvalue weighted by atomic mass is 16.5. The number of carbonyl (C=O) groups excluding carboxylic acids is 1. The summed E-state index contributed by atoms with van der Waals surface area (Å²) in [6.07, 6.45) is 3.06. The van der Waals surface area contributed by atoms with Crippen LogP contribution in [0.1, 0.15) is 15.9 Å². The Labute approximate surface area is 142 Å². The third kappa shape index (κ3) is 2.22. The number of allylic oxidation sites excluding steroid dienone is 1. The molecule has 6 nitrogen and oxygen atoms in total. The van der Waals surface area contributed by atoms with Gasteiger partial charge >= 0.3 is 0 Å². The number of rotatable bonds is 3. The molecule has 0 aliphatic carbocycles. The third-order valence-corrected chi connectivity index (χ3v) is 4.02. The summed E-state index contributed by atoms with van der Waals surface area (Å²) in [7, 11) is 2.97. The van der Waals surface area contributed by atoms with Gasteiger partial charge < -0.3 is 23.7 Å². The predicted octanol–water partition coefficient (Wildman–Crippen LogP) is 3.77. The number of aromatic hydroxyl groups is 1. The Bertz CT molecular complexity index is 1030. The van der Waals surface area contributed by atoms with Crippen LogP contribution in [0.2, 0.25) is 0 Å². The van der Waals surface area contributed by atoms with Crippen LogP contribution < -0.4 is 14.2 Å². The molecule has 25 heavy (non-hydrogen) atoms. The zero-order valence-corrected chi connectivity index (χ0v) is 13.5. The molecule has 1 aromatic heterocycles.